The summed E-state index contributed by atoms with van der Waals surface area (Å²) in [5, 5.41) is 0. The van der Waals surface area contributed by atoms with Crippen LogP contribution in [0.25, 0.3) is 6.08 Å². The summed E-state index contributed by atoms with van der Waals surface area (Å²) >= 11 is 0. The Bertz CT molecular complexity index is 249. The number of rotatable bonds is 3. The maximum atomic E-state index is 10.3. The van der Waals surface area contributed by atoms with E-state index in [9.17, 15) is 4.79 Å². The molecule has 2 N–H and O–H groups in total. The van der Waals surface area contributed by atoms with E-state index in [2.05, 4.69) is 0 Å². The highest BCUT2D eigenvalue weighted by Crippen LogP contribution is 2.02. The maximum absolute atomic E-state index is 10.3. The molecule has 0 atom stereocenters. The summed E-state index contributed by atoms with van der Waals surface area (Å²) in [4.78, 5) is 10.3. The van der Waals surface area contributed by atoms with Crippen LogP contribution in [0.5, 0.6) is 0 Å². The molecule has 0 bridgehead atoms. The molecule has 0 radical (unpaired) electrons. The Hall–Kier alpha value is -1.51. The van der Waals surface area contributed by atoms with Crippen LogP contribution >= 0.6 is 0 Å². The van der Waals surface area contributed by atoms with Crippen molar-refractivity contribution in [2.24, 2.45) is 5.73 Å². The fourth-order valence-electron chi connectivity index (χ4n) is 0.681. The van der Waals surface area contributed by atoms with Crippen molar-refractivity contribution < 1.29 is 9.21 Å². The molecule has 0 saturated carbocycles. The molecule has 0 aliphatic heterocycles. The second kappa shape index (κ2) is 3.61. The number of furan rings is 1. The van der Waals surface area contributed by atoms with Crippen molar-refractivity contribution in [1.82, 2.24) is 0 Å². The Morgan fingerprint density at radius 2 is 2.55 bits per heavy atom. The molecule has 11 heavy (non-hydrogen) atoms. The molecule has 3 nitrogen and oxygen atoms in total. The molecule has 3 heteroatoms. The molecule has 0 unspecified atom stereocenters. The first-order valence-electron chi connectivity index (χ1n) is 3.26. The van der Waals surface area contributed by atoms with E-state index in [1.54, 1.807) is 30.7 Å². The highest BCUT2D eigenvalue weighted by molar-refractivity contribution is 5.76. The number of carbonyl (C=O) groups is 1. The summed E-state index contributed by atoms with van der Waals surface area (Å²) in [5.41, 5.74) is 5.85. The molecule has 0 spiro atoms. The van der Waals surface area contributed by atoms with E-state index in [-0.39, 0.29) is 12.3 Å². The Morgan fingerprint density at radius 3 is 3.09 bits per heavy atom. The van der Waals surface area contributed by atoms with Gasteiger partial charge in [0, 0.05) is 12.0 Å². The first-order chi connectivity index (χ1) is 5.29. The Labute approximate surface area is 64.5 Å². The van der Waals surface area contributed by atoms with E-state index in [1.165, 1.54) is 0 Å². The number of hydrogen-bond donors (Lipinski definition) is 1. The van der Waals surface area contributed by atoms with Gasteiger partial charge in [0.2, 0.25) is 5.91 Å². The van der Waals surface area contributed by atoms with E-state index in [0.717, 1.165) is 5.56 Å². The number of primary amides is 1. The van der Waals surface area contributed by atoms with Crippen molar-refractivity contribution >= 4 is 12.0 Å². The van der Waals surface area contributed by atoms with Crippen LogP contribution in [0.3, 0.4) is 0 Å². The normalized spacial score (nSPS) is 10.5. The average Bonchev–Trinajstić information content (AvgIpc) is 2.39. The Morgan fingerprint density at radius 1 is 1.73 bits per heavy atom. The molecule has 1 aromatic heterocycles. The van der Waals surface area contributed by atoms with Crippen LogP contribution in [0.1, 0.15) is 12.0 Å². The third kappa shape index (κ3) is 2.71. The van der Waals surface area contributed by atoms with Gasteiger partial charge in [0.25, 0.3) is 0 Å². The van der Waals surface area contributed by atoms with Crippen LogP contribution in [-0.2, 0) is 4.79 Å². The number of amides is 1. The molecule has 1 heterocycles. The molecule has 0 aliphatic carbocycles. The van der Waals surface area contributed by atoms with Gasteiger partial charge in [-0.25, -0.2) is 0 Å². The number of carbonyl (C=O) groups excluding carboxylic acids is 1. The smallest absolute Gasteiger partial charge is 0.221 e. The van der Waals surface area contributed by atoms with Crippen LogP contribution in [0.4, 0.5) is 0 Å². The van der Waals surface area contributed by atoms with Crippen LogP contribution in [-0.4, -0.2) is 5.91 Å². The average molecular weight is 151 g/mol. The van der Waals surface area contributed by atoms with Crippen LogP contribution < -0.4 is 5.73 Å². The van der Waals surface area contributed by atoms with Gasteiger partial charge >= 0.3 is 0 Å². The van der Waals surface area contributed by atoms with E-state index in [4.69, 9.17) is 10.2 Å². The number of hydrogen-bond acceptors (Lipinski definition) is 2. The van der Waals surface area contributed by atoms with Gasteiger partial charge in [-0.1, -0.05) is 12.2 Å². The predicted molar refractivity (Wildman–Crippen MR) is 41.6 cm³/mol. The highest BCUT2D eigenvalue weighted by Gasteiger charge is 1.88. The molecule has 0 aliphatic rings. The van der Waals surface area contributed by atoms with Gasteiger partial charge in [-0.2, -0.15) is 0 Å². The molecular weight excluding hydrogens is 142 g/mol. The minimum absolute atomic E-state index is 0.269. The molecule has 0 aromatic carbocycles. The molecule has 1 amide bonds. The van der Waals surface area contributed by atoms with E-state index >= 15 is 0 Å². The first kappa shape index (κ1) is 7.60. The second-order valence-corrected chi connectivity index (χ2v) is 2.13. The van der Waals surface area contributed by atoms with Gasteiger partial charge in [0.1, 0.15) is 0 Å². The quantitative estimate of drug-likeness (QED) is 0.704. The lowest BCUT2D eigenvalue weighted by molar-refractivity contribution is -0.117. The summed E-state index contributed by atoms with van der Waals surface area (Å²) in [7, 11) is 0. The van der Waals surface area contributed by atoms with Gasteiger partial charge in [0.15, 0.2) is 0 Å². The summed E-state index contributed by atoms with van der Waals surface area (Å²) in [5.74, 6) is -0.329. The van der Waals surface area contributed by atoms with E-state index in [1.807, 2.05) is 0 Å². The Kier molecular flexibility index (Phi) is 2.49. The van der Waals surface area contributed by atoms with Crippen molar-refractivity contribution in [3.05, 3.63) is 30.2 Å². The lowest BCUT2D eigenvalue weighted by Gasteiger charge is -1.83. The summed E-state index contributed by atoms with van der Waals surface area (Å²) < 4.78 is 4.80. The van der Waals surface area contributed by atoms with Gasteiger partial charge in [0.05, 0.1) is 12.5 Å². The van der Waals surface area contributed by atoms with E-state index < -0.39 is 0 Å². The molecule has 1 rings (SSSR count). The fraction of sp³-hybridized carbons (Fsp3) is 0.125. The molecular formula is C8H9NO2. The summed E-state index contributed by atoms with van der Waals surface area (Å²) in [6, 6.07) is 1.80. The molecule has 1 aromatic rings. The van der Waals surface area contributed by atoms with E-state index in [0.29, 0.717) is 0 Å². The molecule has 58 valence electrons. The van der Waals surface area contributed by atoms with Crippen LogP contribution in [0, 0.1) is 0 Å². The largest absolute Gasteiger partial charge is 0.472 e. The fourth-order valence-corrected chi connectivity index (χ4v) is 0.681. The summed E-state index contributed by atoms with van der Waals surface area (Å²) in [6.07, 6.45) is 6.92. The predicted octanol–water partition coefficient (Wildman–Crippen LogP) is 1.17. The van der Waals surface area contributed by atoms with Crippen molar-refractivity contribution in [3.8, 4) is 0 Å². The van der Waals surface area contributed by atoms with Gasteiger partial charge in [-0.05, 0) is 6.07 Å². The minimum Gasteiger partial charge on any atom is -0.472 e. The zero-order chi connectivity index (χ0) is 8.10. The van der Waals surface area contributed by atoms with Gasteiger partial charge in [-0.15, -0.1) is 0 Å². The number of nitrogens with two attached hydrogens (primary N) is 1. The van der Waals surface area contributed by atoms with Crippen molar-refractivity contribution in [1.29, 1.82) is 0 Å². The Balaban J connectivity index is 2.43. The molecule has 0 fully saturated rings. The first-order valence-corrected chi connectivity index (χ1v) is 3.26. The SMILES string of the molecule is NC(=O)CC=Cc1ccoc1. The topological polar surface area (TPSA) is 56.2 Å². The monoisotopic (exact) mass is 151 g/mol. The zero-order valence-electron chi connectivity index (χ0n) is 5.99. The maximum Gasteiger partial charge on any atom is 0.221 e. The van der Waals surface area contributed by atoms with Gasteiger partial charge in [-0.3, -0.25) is 4.79 Å². The lowest BCUT2D eigenvalue weighted by Crippen LogP contribution is -2.07. The zero-order valence-corrected chi connectivity index (χ0v) is 5.99. The highest BCUT2D eigenvalue weighted by atomic mass is 16.3. The van der Waals surface area contributed by atoms with Gasteiger partial charge < -0.3 is 10.2 Å². The third-order valence-electron chi connectivity index (χ3n) is 1.17. The molecule has 0 saturated heterocycles. The lowest BCUT2D eigenvalue weighted by atomic mass is 10.3. The van der Waals surface area contributed by atoms with Crippen LogP contribution in [0.2, 0.25) is 0 Å². The third-order valence-corrected chi connectivity index (χ3v) is 1.17. The second-order valence-electron chi connectivity index (χ2n) is 2.13. The minimum atomic E-state index is -0.329. The summed E-state index contributed by atoms with van der Waals surface area (Å²) in [6.45, 7) is 0. The van der Waals surface area contributed by atoms with Crippen LogP contribution in [0.15, 0.2) is 29.1 Å². The van der Waals surface area contributed by atoms with Crippen molar-refractivity contribution in [2.45, 2.75) is 6.42 Å². The standard InChI is InChI=1S/C8H9NO2/c9-8(10)3-1-2-7-4-5-11-6-7/h1-2,4-6H,3H2,(H2,9,10). The van der Waals surface area contributed by atoms with Crippen molar-refractivity contribution in [2.75, 3.05) is 0 Å². The van der Waals surface area contributed by atoms with Crippen molar-refractivity contribution in [3.63, 3.8) is 0 Å².